The summed E-state index contributed by atoms with van der Waals surface area (Å²) in [6.07, 6.45) is 2.46. The number of carbonyl (C=O) groups is 1. The van der Waals surface area contributed by atoms with Crippen LogP contribution in [0, 0.1) is 19.7 Å². The van der Waals surface area contributed by atoms with Gasteiger partial charge in [0.15, 0.2) is 5.13 Å². The molecule has 10 heteroatoms. The molecule has 0 bridgehead atoms. The number of anilines is 1. The molecule has 1 unspecified atom stereocenters. The molecule has 0 aliphatic carbocycles. The quantitative estimate of drug-likeness (QED) is 0.361. The third-order valence-corrected chi connectivity index (χ3v) is 9.07. The topological polar surface area (TPSA) is 83.7 Å². The highest BCUT2D eigenvalue weighted by Crippen LogP contribution is 2.35. The number of benzene rings is 2. The van der Waals surface area contributed by atoms with Crippen LogP contribution in [-0.4, -0.2) is 36.2 Å². The molecule has 1 fully saturated rings. The van der Waals surface area contributed by atoms with E-state index in [9.17, 15) is 17.6 Å². The molecule has 1 aliphatic rings. The smallest absolute Gasteiger partial charge is 0.247 e. The molecular weight excluding hydrogens is 489 g/mol. The zero-order valence-electron chi connectivity index (χ0n) is 19.3. The molecular formula is C25H24FN3O4S2. The summed E-state index contributed by atoms with van der Waals surface area (Å²) in [5, 5.41) is 0.487. The summed E-state index contributed by atoms with van der Waals surface area (Å²) in [4.78, 5) is 20.2. The molecule has 0 spiro atoms. The summed E-state index contributed by atoms with van der Waals surface area (Å²) < 4.78 is 47.8. The Bertz CT molecular complexity index is 1480. The van der Waals surface area contributed by atoms with Crippen LogP contribution in [0.2, 0.25) is 0 Å². The molecule has 2 aromatic carbocycles. The van der Waals surface area contributed by atoms with Gasteiger partial charge < -0.3 is 4.42 Å². The number of aryl methyl sites for hydroxylation is 2. The van der Waals surface area contributed by atoms with E-state index in [2.05, 4.69) is 0 Å². The van der Waals surface area contributed by atoms with Gasteiger partial charge in [0.05, 0.1) is 27.9 Å². The molecule has 1 aliphatic heterocycles. The van der Waals surface area contributed by atoms with E-state index in [-0.39, 0.29) is 23.9 Å². The number of carbonyl (C=O) groups excluding carboxylic acids is 1. The summed E-state index contributed by atoms with van der Waals surface area (Å²) in [7, 11) is -3.99. The van der Waals surface area contributed by atoms with E-state index in [1.165, 1.54) is 38.9 Å². The van der Waals surface area contributed by atoms with Crippen LogP contribution in [0.15, 0.2) is 64.1 Å². The first-order valence-corrected chi connectivity index (χ1v) is 13.5. The highest BCUT2D eigenvalue weighted by atomic mass is 32.2. The van der Waals surface area contributed by atoms with Crippen molar-refractivity contribution in [2.24, 2.45) is 0 Å². The average molecular weight is 514 g/mol. The molecule has 182 valence electrons. The third kappa shape index (κ3) is 4.49. The number of aromatic nitrogens is 1. The molecule has 0 radical (unpaired) electrons. The fourth-order valence-corrected chi connectivity index (χ4v) is 7.27. The number of hydrogen-bond donors (Lipinski definition) is 0. The van der Waals surface area contributed by atoms with Crippen molar-refractivity contribution in [2.45, 2.75) is 44.2 Å². The summed E-state index contributed by atoms with van der Waals surface area (Å²) in [6.45, 7) is 4.33. The van der Waals surface area contributed by atoms with Crippen molar-refractivity contribution in [1.82, 2.24) is 9.29 Å². The Morgan fingerprint density at radius 3 is 2.71 bits per heavy atom. The highest BCUT2D eigenvalue weighted by molar-refractivity contribution is 7.89. The molecule has 0 N–H and O–H groups in total. The van der Waals surface area contributed by atoms with Crippen LogP contribution in [0.5, 0.6) is 0 Å². The van der Waals surface area contributed by atoms with Gasteiger partial charge in [0.2, 0.25) is 15.9 Å². The molecule has 1 atom stereocenters. The van der Waals surface area contributed by atoms with Gasteiger partial charge in [0.1, 0.15) is 17.6 Å². The lowest BCUT2D eigenvalue weighted by Crippen LogP contribution is -2.47. The number of thiazole rings is 1. The van der Waals surface area contributed by atoms with Crippen LogP contribution in [0.25, 0.3) is 10.2 Å². The fourth-order valence-electron chi connectivity index (χ4n) is 4.47. The fraction of sp³-hybridized carbons (Fsp3) is 0.280. The summed E-state index contributed by atoms with van der Waals surface area (Å²) in [5.74, 6) is -0.321. The van der Waals surface area contributed by atoms with Crippen LogP contribution >= 0.6 is 11.3 Å². The van der Waals surface area contributed by atoms with Gasteiger partial charge in [-0.05, 0) is 80.3 Å². The van der Waals surface area contributed by atoms with E-state index in [4.69, 9.17) is 9.40 Å². The SMILES string of the molecule is Cc1cc(C)c2nc(N(Cc3ccco3)C(=O)C3CCCN3S(=O)(=O)c3ccc(F)cc3)sc2c1. The third-order valence-electron chi connectivity index (χ3n) is 6.12. The average Bonchev–Trinajstić information content (AvgIpc) is 3.57. The predicted molar refractivity (Wildman–Crippen MR) is 132 cm³/mol. The summed E-state index contributed by atoms with van der Waals surface area (Å²) in [6, 6.07) is 11.3. The Labute approximate surface area is 206 Å². The maximum atomic E-state index is 13.9. The number of furan rings is 1. The normalized spacial score (nSPS) is 16.7. The molecule has 5 rings (SSSR count). The van der Waals surface area contributed by atoms with Crippen molar-refractivity contribution < 1.29 is 22.0 Å². The number of sulfonamides is 1. The zero-order chi connectivity index (χ0) is 24.7. The number of hydrogen-bond acceptors (Lipinski definition) is 6. The lowest BCUT2D eigenvalue weighted by atomic mass is 10.1. The highest BCUT2D eigenvalue weighted by Gasteiger charge is 2.42. The van der Waals surface area contributed by atoms with Crippen molar-refractivity contribution in [3.8, 4) is 0 Å². The number of nitrogens with zero attached hydrogens (tertiary/aromatic N) is 3. The zero-order valence-corrected chi connectivity index (χ0v) is 20.9. The molecule has 4 aromatic rings. The second-order valence-corrected chi connectivity index (χ2v) is 11.6. The Balaban J connectivity index is 1.53. The van der Waals surface area contributed by atoms with E-state index >= 15 is 0 Å². The minimum Gasteiger partial charge on any atom is -0.467 e. The Morgan fingerprint density at radius 2 is 2.00 bits per heavy atom. The predicted octanol–water partition coefficient (Wildman–Crippen LogP) is 5.03. The first kappa shape index (κ1) is 23.7. The number of rotatable bonds is 6. The van der Waals surface area contributed by atoms with Crippen molar-refractivity contribution >= 4 is 42.6 Å². The number of fused-ring (bicyclic) bond motifs is 1. The Morgan fingerprint density at radius 1 is 1.23 bits per heavy atom. The Hall–Kier alpha value is -3.08. The Kier molecular flexibility index (Phi) is 6.20. The van der Waals surface area contributed by atoms with Crippen LogP contribution in [0.1, 0.15) is 29.7 Å². The number of amides is 1. The van der Waals surface area contributed by atoms with Gasteiger partial charge in [0.25, 0.3) is 0 Å². The lowest BCUT2D eigenvalue weighted by molar-refractivity contribution is -0.121. The minimum absolute atomic E-state index is 0.0396. The van der Waals surface area contributed by atoms with Crippen molar-refractivity contribution in [1.29, 1.82) is 0 Å². The van der Waals surface area contributed by atoms with Crippen LogP contribution in [-0.2, 0) is 21.4 Å². The van der Waals surface area contributed by atoms with Gasteiger partial charge in [-0.25, -0.2) is 17.8 Å². The van der Waals surface area contributed by atoms with Crippen LogP contribution in [0.3, 0.4) is 0 Å². The number of halogens is 1. The minimum atomic E-state index is -3.99. The summed E-state index contributed by atoms with van der Waals surface area (Å²) >= 11 is 1.39. The van der Waals surface area contributed by atoms with Gasteiger partial charge in [-0.1, -0.05) is 17.4 Å². The van der Waals surface area contributed by atoms with E-state index in [0.29, 0.717) is 23.7 Å². The van der Waals surface area contributed by atoms with E-state index in [1.54, 1.807) is 12.1 Å². The van der Waals surface area contributed by atoms with Crippen molar-refractivity contribution in [3.63, 3.8) is 0 Å². The van der Waals surface area contributed by atoms with Crippen molar-refractivity contribution in [3.05, 3.63) is 77.5 Å². The monoisotopic (exact) mass is 513 g/mol. The first-order chi connectivity index (χ1) is 16.7. The second-order valence-electron chi connectivity index (χ2n) is 8.66. The van der Waals surface area contributed by atoms with Crippen LogP contribution < -0.4 is 4.90 Å². The molecule has 0 saturated carbocycles. The molecule has 1 amide bonds. The first-order valence-electron chi connectivity index (χ1n) is 11.2. The van der Waals surface area contributed by atoms with E-state index in [0.717, 1.165) is 33.5 Å². The largest absolute Gasteiger partial charge is 0.467 e. The van der Waals surface area contributed by atoms with E-state index in [1.807, 2.05) is 26.0 Å². The molecule has 1 saturated heterocycles. The standard InChI is InChI=1S/C25H24FN3O4S2/c1-16-13-17(2)23-22(14-16)34-25(27-23)28(15-19-5-4-12-33-19)24(30)21-6-3-11-29(21)35(31,32)20-9-7-18(26)8-10-20/h4-5,7-10,12-14,21H,3,6,11,15H2,1-2H3. The van der Waals surface area contributed by atoms with Gasteiger partial charge >= 0.3 is 0 Å². The molecule has 35 heavy (non-hydrogen) atoms. The maximum Gasteiger partial charge on any atom is 0.247 e. The van der Waals surface area contributed by atoms with Gasteiger partial charge in [-0.2, -0.15) is 4.31 Å². The van der Waals surface area contributed by atoms with Crippen molar-refractivity contribution in [2.75, 3.05) is 11.4 Å². The molecule has 7 nitrogen and oxygen atoms in total. The molecule has 2 aromatic heterocycles. The van der Waals surface area contributed by atoms with Crippen LogP contribution in [0.4, 0.5) is 9.52 Å². The molecule has 3 heterocycles. The van der Waals surface area contributed by atoms with Gasteiger partial charge in [-0.15, -0.1) is 0 Å². The maximum absolute atomic E-state index is 13.9. The van der Waals surface area contributed by atoms with E-state index < -0.39 is 21.9 Å². The summed E-state index contributed by atoms with van der Waals surface area (Å²) in [5.41, 5.74) is 2.92. The second kappa shape index (κ2) is 9.18. The lowest BCUT2D eigenvalue weighted by Gasteiger charge is -2.28. The van der Waals surface area contributed by atoms with Gasteiger partial charge in [0, 0.05) is 6.54 Å². The van der Waals surface area contributed by atoms with Gasteiger partial charge in [-0.3, -0.25) is 9.69 Å².